The average Bonchev–Trinajstić information content (AvgIpc) is 3.43. The van der Waals surface area contributed by atoms with E-state index in [2.05, 4.69) is 10.1 Å². The number of rotatable bonds is 4. The van der Waals surface area contributed by atoms with Gasteiger partial charge in [-0.25, -0.2) is 4.98 Å². The van der Waals surface area contributed by atoms with Gasteiger partial charge in [0.25, 0.3) is 11.5 Å². The minimum atomic E-state index is -0.000213. The summed E-state index contributed by atoms with van der Waals surface area (Å²) in [7, 11) is 1.85. The maximum Gasteiger partial charge on any atom is 0.274 e. The van der Waals surface area contributed by atoms with Gasteiger partial charge in [-0.1, -0.05) is 0 Å². The van der Waals surface area contributed by atoms with Crippen LogP contribution < -0.4 is 5.56 Å². The van der Waals surface area contributed by atoms with E-state index in [1.54, 1.807) is 21.6 Å². The molecule has 1 saturated heterocycles. The standard InChI is InChI=1S/C19H25N5O2/c1-13-9-17(21-22(13)2)19(26)23-7-5-14(6-8-23)11-24-12-20-16(10-18(24)25)15-3-4-15/h9-10,12,14-15H,3-8,11H2,1-2H3. The summed E-state index contributed by atoms with van der Waals surface area (Å²) in [6, 6.07) is 3.53. The third-order valence-corrected chi connectivity index (χ3v) is 5.59. The van der Waals surface area contributed by atoms with Crippen molar-refractivity contribution in [3.8, 4) is 0 Å². The van der Waals surface area contributed by atoms with E-state index in [9.17, 15) is 9.59 Å². The van der Waals surface area contributed by atoms with E-state index in [4.69, 9.17) is 0 Å². The van der Waals surface area contributed by atoms with Crippen molar-refractivity contribution < 1.29 is 4.79 Å². The molecular weight excluding hydrogens is 330 g/mol. The number of aryl methyl sites for hydroxylation is 2. The maximum absolute atomic E-state index is 12.6. The highest BCUT2D eigenvalue weighted by Gasteiger charge is 2.27. The van der Waals surface area contributed by atoms with Crippen LogP contribution in [0.25, 0.3) is 0 Å². The smallest absolute Gasteiger partial charge is 0.274 e. The monoisotopic (exact) mass is 355 g/mol. The van der Waals surface area contributed by atoms with Crippen LogP contribution in [0.2, 0.25) is 0 Å². The van der Waals surface area contributed by atoms with Crippen LogP contribution in [-0.2, 0) is 13.6 Å². The molecule has 0 N–H and O–H groups in total. The average molecular weight is 355 g/mol. The molecule has 0 radical (unpaired) electrons. The number of piperidine rings is 1. The Hall–Kier alpha value is -2.44. The first-order valence-electron chi connectivity index (χ1n) is 9.37. The molecule has 0 aromatic carbocycles. The van der Waals surface area contributed by atoms with Crippen molar-refractivity contribution in [2.24, 2.45) is 13.0 Å². The Morgan fingerprint density at radius 1 is 1.19 bits per heavy atom. The first-order valence-corrected chi connectivity index (χ1v) is 9.37. The Morgan fingerprint density at radius 2 is 1.92 bits per heavy atom. The minimum absolute atomic E-state index is 0.000213. The van der Waals surface area contributed by atoms with Gasteiger partial charge >= 0.3 is 0 Å². The summed E-state index contributed by atoms with van der Waals surface area (Å²) < 4.78 is 3.45. The van der Waals surface area contributed by atoms with Crippen LogP contribution in [0, 0.1) is 12.8 Å². The fourth-order valence-corrected chi connectivity index (χ4v) is 3.60. The second-order valence-electron chi connectivity index (χ2n) is 7.61. The largest absolute Gasteiger partial charge is 0.337 e. The van der Waals surface area contributed by atoms with E-state index in [1.807, 2.05) is 24.9 Å². The molecule has 1 amide bonds. The van der Waals surface area contributed by atoms with E-state index in [0.717, 1.165) is 37.1 Å². The molecule has 1 aliphatic heterocycles. The summed E-state index contributed by atoms with van der Waals surface area (Å²) in [6.07, 6.45) is 5.80. The van der Waals surface area contributed by atoms with Crippen LogP contribution in [0.5, 0.6) is 0 Å². The lowest BCUT2D eigenvalue weighted by molar-refractivity contribution is 0.0675. The SMILES string of the molecule is Cc1cc(C(=O)N2CCC(Cn3cnc(C4CC4)cc3=O)CC2)nn1C. The van der Waals surface area contributed by atoms with Gasteiger partial charge in [-0.2, -0.15) is 5.10 Å². The summed E-state index contributed by atoms with van der Waals surface area (Å²) in [6.45, 7) is 4.04. The lowest BCUT2D eigenvalue weighted by Crippen LogP contribution is -2.40. The van der Waals surface area contributed by atoms with Crippen LogP contribution in [0.4, 0.5) is 0 Å². The van der Waals surface area contributed by atoms with E-state index < -0.39 is 0 Å². The van der Waals surface area contributed by atoms with Gasteiger partial charge in [-0.15, -0.1) is 0 Å². The molecule has 2 aliphatic rings. The van der Waals surface area contributed by atoms with Crippen LogP contribution >= 0.6 is 0 Å². The van der Waals surface area contributed by atoms with Gasteiger partial charge in [-0.3, -0.25) is 18.8 Å². The highest BCUT2D eigenvalue weighted by molar-refractivity contribution is 5.92. The lowest BCUT2D eigenvalue weighted by atomic mass is 9.96. The van der Waals surface area contributed by atoms with Crippen molar-refractivity contribution in [2.75, 3.05) is 13.1 Å². The van der Waals surface area contributed by atoms with Gasteiger partial charge in [0.15, 0.2) is 5.69 Å². The summed E-state index contributed by atoms with van der Waals surface area (Å²) in [4.78, 5) is 31.2. The van der Waals surface area contributed by atoms with Crippen molar-refractivity contribution in [3.63, 3.8) is 0 Å². The molecular formula is C19H25N5O2. The summed E-state index contributed by atoms with van der Waals surface area (Å²) >= 11 is 0. The van der Waals surface area contributed by atoms with Crippen LogP contribution in [0.3, 0.4) is 0 Å². The Balaban J connectivity index is 1.35. The molecule has 1 saturated carbocycles. The highest BCUT2D eigenvalue weighted by Crippen LogP contribution is 2.38. The Kier molecular flexibility index (Phi) is 4.38. The van der Waals surface area contributed by atoms with Crippen molar-refractivity contribution in [1.82, 2.24) is 24.2 Å². The zero-order valence-electron chi connectivity index (χ0n) is 15.4. The lowest BCUT2D eigenvalue weighted by Gasteiger charge is -2.31. The second-order valence-corrected chi connectivity index (χ2v) is 7.61. The number of nitrogens with zero attached hydrogens (tertiary/aromatic N) is 5. The first kappa shape index (κ1) is 17.0. The maximum atomic E-state index is 12.6. The quantitative estimate of drug-likeness (QED) is 0.837. The van der Waals surface area contributed by atoms with Crippen LogP contribution in [-0.4, -0.2) is 43.2 Å². The number of hydrogen-bond acceptors (Lipinski definition) is 4. The number of amides is 1. The number of likely N-dealkylation sites (tertiary alicyclic amines) is 1. The molecule has 4 rings (SSSR count). The van der Waals surface area contributed by atoms with Crippen molar-refractivity contribution in [3.05, 3.63) is 45.9 Å². The molecule has 26 heavy (non-hydrogen) atoms. The minimum Gasteiger partial charge on any atom is -0.337 e. The molecule has 2 fully saturated rings. The number of carbonyl (C=O) groups excluding carboxylic acids is 1. The van der Waals surface area contributed by atoms with Gasteiger partial charge in [0, 0.05) is 44.4 Å². The number of carbonyl (C=O) groups is 1. The van der Waals surface area contributed by atoms with Gasteiger partial charge in [0.05, 0.1) is 12.0 Å². The predicted molar refractivity (Wildman–Crippen MR) is 97.0 cm³/mol. The fraction of sp³-hybridized carbons (Fsp3) is 0.579. The van der Waals surface area contributed by atoms with Crippen LogP contribution in [0.15, 0.2) is 23.3 Å². The third kappa shape index (κ3) is 3.43. The first-order chi connectivity index (χ1) is 12.5. The Bertz CT molecular complexity index is 853. The van der Waals surface area contributed by atoms with E-state index >= 15 is 0 Å². The number of aromatic nitrogens is 4. The van der Waals surface area contributed by atoms with E-state index in [0.29, 0.717) is 37.2 Å². The number of hydrogen-bond donors (Lipinski definition) is 0. The summed E-state index contributed by atoms with van der Waals surface area (Å²) in [5.74, 6) is 0.900. The molecule has 3 heterocycles. The predicted octanol–water partition coefficient (Wildman–Crippen LogP) is 1.72. The normalized spacial score (nSPS) is 18.3. The molecule has 0 atom stereocenters. The Labute approximate surface area is 152 Å². The molecule has 0 spiro atoms. The van der Waals surface area contributed by atoms with Crippen molar-refractivity contribution in [2.45, 2.75) is 45.1 Å². The van der Waals surface area contributed by atoms with E-state index in [1.165, 1.54) is 0 Å². The zero-order valence-corrected chi connectivity index (χ0v) is 15.4. The highest BCUT2D eigenvalue weighted by atomic mass is 16.2. The molecule has 0 unspecified atom stereocenters. The van der Waals surface area contributed by atoms with Gasteiger partial charge in [-0.05, 0) is 44.6 Å². The van der Waals surface area contributed by atoms with Gasteiger partial charge < -0.3 is 4.90 Å². The Morgan fingerprint density at radius 3 is 2.50 bits per heavy atom. The van der Waals surface area contributed by atoms with Crippen molar-refractivity contribution >= 4 is 5.91 Å². The summed E-state index contributed by atoms with van der Waals surface area (Å²) in [5, 5.41) is 4.28. The molecule has 7 nitrogen and oxygen atoms in total. The molecule has 7 heteroatoms. The zero-order chi connectivity index (χ0) is 18.3. The third-order valence-electron chi connectivity index (χ3n) is 5.59. The summed E-state index contributed by atoms with van der Waals surface area (Å²) in [5.41, 5.74) is 2.48. The molecule has 0 bridgehead atoms. The van der Waals surface area contributed by atoms with Crippen molar-refractivity contribution in [1.29, 1.82) is 0 Å². The molecule has 2 aromatic rings. The van der Waals surface area contributed by atoms with Gasteiger partial charge in [0.1, 0.15) is 0 Å². The van der Waals surface area contributed by atoms with E-state index in [-0.39, 0.29) is 11.5 Å². The van der Waals surface area contributed by atoms with Gasteiger partial charge in [0.2, 0.25) is 0 Å². The molecule has 2 aromatic heterocycles. The second kappa shape index (κ2) is 6.70. The van der Waals surface area contributed by atoms with Crippen LogP contribution in [0.1, 0.15) is 53.5 Å². The fourth-order valence-electron chi connectivity index (χ4n) is 3.60. The molecule has 1 aliphatic carbocycles. The molecule has 138 valence electrons. The topological polar surface area (TPSA) is 73.0 Å².